The molecule has 2 nitrogen and oxygen atoms in total. The normalized spacial score (nSPS) is 10.0. The molecule has 0 spiro atoms. The fraction of sp³-hybridized carbons (Fsp3) is 0.0714. The Kier molecular flexibility index (Phi) is 3.45. The van der Waals surface area contributed by atoms with Crippen molar-refractivity contribution < 1.29 is 9.53 Å². The lowest BCUT2D eigenvalue weighted by molar-refractivity contribution is 0.0733. The first kappa shape index (κ1) is 11.7. The molecule has 2 aromatic carbocycles. The van der Waals surface area contributed by atoms with Crippen LogP contribution in [0.1, 0.15) is 15.9 Å². The van der Waals surface area contributed by atoms with Gasteiger partial charge in [0, 0.05) is 5.02 Å². The van der Waals surface area contributed by atoms with E-state index in [1.165, 1.54) is 0 Å². The van der Waals surface area contributed by atoms with Gasteiger partial charge in [0.1, 0.15) is 5.75 Å². The van der Waals surface area contributed by atoms with E-state index < -0.39 is 0 Å². The van der Waals surface area contributed by atoms with E-state index in [1.54, 1.807) is 30.3 Å². The summed E-state index contributed by atoms with van der Waals surface area (Å²) in [4.78, 5) is 11.8. The molecule has 3 heteroatoms. The molecule has 0 aliphatic rings. The molecule has 0 amide bonds. The predicted octanol–water partition coefficient (Wildman–Crippen LogP) is 3.87. The first-order valence-corrected chi connectivity index (χ1v) is 5.58. The quantitative estimate of drug-likeness (QED) is 0.594. The van der Waals surface area contributed by atoms with Crippen molar-refractivity contribution in [2.75, 3.05) is 0 Å². The summed E-state index contributed by atoms with van der Waals surface area (Å²) in [7, 11) is 0. The maximum Gasteiger partial charge on any atom is 0.343 e. The molecule has 0 bridgehead atoms. The number of hydrogen-bond acceptors (Lipinski definition) is 2. The van der Waals surface area contributed by atoms with Crippen LogP contribution in [0.3, 0.4) is 0 Å². The van der Waals surface area contributed by atoms with Crippen LogP contribution in [0.5, 0.6) is 5.75 Å². The highest BCUT2D eigenvalue weighted by atomic mass is 35.5. The van der Waals surface area contributed by atoms with Gasteiger partial charge in [-0.25, -0.2) is 4.79 Å². The van der Waals surface area contributed by atoms with Crippen molar-refractivity contribution in [3.05, 3.63) is 64.7 Å². The van der Waals surface area contributed by atoms with Crippen LogP contribution in [-0.4, -0.2) is 5.97 Å². The highest BCUT2D eigenvalue weighted by molar-refractivity contribution is 6.30. The zero-order valence-electron chi connectivity index (χ0n) is 9.31. The van der Waals surface area contributed by atoms with Gasteiger partial charge in [0.25, 0.3) is 0 Å². The van der Waals surface area contributed by atoms with E-state index in [1.807, 2.05) is 25.1 Å². The Hall–Kier alpha value is -1.80. The lowest BCUT2D eigenvalue weighted by Gasteiger charge is -2.06. The van der Waals surface area contributed by atoms with Crippen LogP contribution in [-0.2, 0) is 0 Å². The van der Waals surface area contributed by atoms with Crippen LogP contribution in [0, 0.1) is 6.92 Å². The van der Waals surface area contributed by atoms with Gasteiger partial charge >= 0.3 is 5.97 Å². The molecule has 0 saturated carbocycles. The summed E-state index contributed by atoms with van der Waals surface area (Å²) in [6, 6.07) is 14.0. The van der Waals surface area contributed by atoms with Crippen molar-refractivity contribution in [2.24, 2.45) is 0 Å². The molecular formula is C14H11ClO2. The number of esters is 1. The van der Waals surface area contributed by atoms with Gasteiger partial charge in [-0.3, -0.25) is 0 Å². The van der Waals surface area contributed by atoms with Crippen molar-refractivity contribution >= 4 is 17.6 Å². The van der Waals surface area contributed by atoms with Crippen molar-refractivity contribution in [1.29, 1.82) is 0 Å². The number of para-hydroxylation sites is 1. The van der Waals surface area contributed by atoms with Gasteiger partial charge in [-0.05, 0) is 42.8 Å². The standard InChI is InChI=1S/C14H11ClO2/c1-10-4-2-3-5-13(10)17-14(16)11-6-8-12(15)9-7-11/h2-9H,1H3. The molecular weight excluding hydrogens is 236 g/mol. The molecule has 2 aromatic rings. The van der Waals surface area contributed by atoms with Crippen molar-refractivity contribution in [3.63, 3.8) is 0 Å². The van der Waals surface area contributed by atoms with Gasteiger partial charge < -0.3 is 4.74 Å². The van der Waals surface area contributed by atoms with E-state index in [0.29, 0.717) is 16.3 Å². The van der Waals surface area contributed by atoms with Gasteiger partial charge in [-0.15, -0.1) is 0 Å². The van der Waals surface area contributed by atoms with Crippen molar-refractivity contribution in [3.8, 4) is 5.75 Å². The predicted molar refractivity (Wildman–Crippen MR) is 67.6 cm³/mol. The fourth-order valence-electron chi connectivity index (χ4n) is 1.42. The van der Waals surface area contributed by atoms with E-state index in [0.717, 1.165) is 5.56 Å². The minimum absolute atomic E-state index is 0.379. The number of carbonyl (C=O) groups is 1. The van der Waals surface area contributed by atoms with E-state index in [9.17, 15) is 4.79 Å². The third kappa shape index (κ3) is 2.86. The molecule has 0 aliphatic carbocycles. The molecule has 0 radical (unpaired) electrons. The molecule has 17 heavy (non-hydrogen) atoms. The molecule has 0 unspecified atom stereocenters. The summed E-state index contributed by atoms with van der Waals surface area (Å²) in [5.41, 5.74) is 1.41. The van der Waals surface area contributed by atoms with Gasteiger partial charge in [0.2, 0.25) is 0 Å². The molecule has 0 atom stereocenters. The number of ether oxygens (including phenoxy) is 1. The second-order valence-corrected chi connectivity index (χ2v) is 4.10. The summed E-state index contributed by atoms with van der Waals surface area (Å²) >= 11 is 5.75. The van der Waals surface area contributed by atoms with Crippen molar-refractivity contribution in [1.82, 2.24) is 0 Å². The van der Waals surface area contributed by atoms with E-state index in [4.69, 9.17) is 16.3 Å². The Morgan fingerprint density at radius 2 is 1.71 bits per heavy atom. The average Bonchev–Trinajstić information content (AvgIpc) is 2.33. The lowest BCUT2D eigenvalue weighted by Crippen LogP contribution is -2.08. The van der Waals surface area contributed by atoms with Crippen LogP contribution >= 0.6 is 11.6 Å². The summed E-state index contributed by atoms with van der Waals surface area (Å²) in [6.07, 6.45) is 0. The van der Waals surface area contributed by atoms with Crippen LogP contribution in [0.25, 0.3) is 0 Å². The highest BCUT2D eigenvalue weighted by Crippen LogP contribution is 2.18. The summed E-state index contributed by atoms with van der Waals surface area (Å²) in [5, 5.41) is 0.595. The Labute approximate surface area is 105 Å². The monoisotopic (exact) mass is 246 g/mol. The zero-order chi connectivity index (χ0) is 12.3. The van der Waals surface area contributed by atoms with E-state index in [2.05, 4.69) is 0 Å². The molecule has 0 fully saturated rings. The van der Waals surface area contributed by atoms with Gasteiger partial charge in [0.15, 0.2) is 0 Å². The maximum atomic E-state index is 11.8. The maximum absolute atomic E-state index is 11.8. The SMILES string of the molecule is Cc1ccccc1OC(=O)c1ccc(Cl)cc1. The Morgan fingerprint density at radius 1 is 1.06 bits per heavy atom. The van der Waals surface area contributed by atoms with Crippen LogP contribution in [0.4, 0.5) is 0 Å². The summed E-state index contributed by atoms with van der Waals surface area (Å²) in [5.74, 6) is 0.198. The molecule has 86 valence electrons. The Bertz CT molecular complexity index is 532. The van der Waals surface area contributed by atoms with Gasteiger partial charge in [-0.2, -0.15) is 0 Å². The average molecular weight is 247 g/mol. The summed E-state index contributed by atoms with van der Waals surface area (Å²) in [6.45, 7) is 1.89. The fourth-order valence-corrected chi connectivity index (χ4v) is 1.54. The molecule has 0 aromatic heterocycles. The number of hydrogen-bond donors (Lipinski definition) is 0. The lowest BCUT2D eigenvalue weighted by atomic mass is 10.2. The first-order valence-electron chi connectivity index (χ1n) is 5.20. The minimum Gasteiger partial charge on any atom is -0.423 e. The number of aryl methyl sites for hydroxylation is 1. The van der Waals surface area contributed by atoms with E-state index in [-0.39, 0.29) is 5.97 Å². The molecule has 0 saturated heterocycles. The Morgan fingerprint density at radius 3 is 2.35 bits per heavy atom. The first-order chi connectivity index (χ1) is 8.16. The van der Waals surface area contributed by atoms with Gasteiger partial charge in [0.05, 0.1) is 5.56 Å². The number of carbonyl (C=O) groups excluding carboxylic acids is 1. The zero-order valence-corrected chi connectivity index (χ0v) is 10.1. The molecule has 0 heterocycles. The number of halogens is 1. The second-order valence-electron chi connectivity index (χ2n) is 3.66. The van der Waals surface area contributed by atoms with Gasteiger partial charge in [-0.1, -0.05) is 29.8 Å². The van der Waals surface area contributed by atoms with Crippen LogP contribution < -0.4 is 4.74 Å². The van der Waals surface area contributed by atoms with E-state index >= 15 is 0 Å². The molecule has 0 N–H and O–H groups in total. The minimum atomic E-state index is -0.379. The van der Waals surface area contributed by atoms with Crippen LogP contribution in [0.2, 0.25) is 5.02 Å². The highest BCUT2D eigenvalue weighted by Gasteiger charge is 2.09. The number of rotatable bonds is 2. The topological polar surface area (TPSA) is 26.3 Å². The largest absolute Gasteiger partial charge is 0.423 e. The second kappa shape index (κ2) is 5.02. The molecule has 2 rings (SSSR count). The Balaban J connectivity index is 2.17. The van der Waals surface area contributed by atoms with Crippen molar-refractivity contribution in [2.45, 2.75) is 6.92 Å². The number of benzene rings is 2. The summed E-state index contributed by atoms with van der Waals surface area (Å²) < 4.78 is 5.29. The third-order valence-electron chi connectivity index (χ3n) is 2.38. The third-order valence-corrected chi connectivity index (χ3v) is 2.63. The van der Waals surface area contributed by atoms with Crippen LogP contribution in [0.15, 0.2) is 48.5 Å². The smallest absolute Gasteiger partial charge is 0.343 e. The molecule has 0 aliphatic heterocycles.